The fraction of sp³-hybridized carbons (Fsp3) is 0.923. The summed E-state index contributed by atoms with van der Waals surface area (Å²) in [5.41, 5.74) is -0.0760. The van der Waals surface area contributed by atoms with E-state index < -0.39 is 0 Å². The minimum atomic E-state index is -0.0760. The summed E-state index contributed by atoms with van der Waals surface area (Å²) >= 11 is 0. The minimum absolute atomic E-state index is 0.0760. The van der Waals surface area contributed by atoms with Crippen LogP contribution in [0.15, 0.2) is 0 Å². The van der Waals surface area contributed by atoms with E-state index in [1.165, 1.54) is 12.8 Å². The maximum Gasteiger partial charge on any atom is 0.0687 e. The van der Waals surface area contributed by atoms with Crippen LogP contribution < -0.4 is 0 Å². The Bertz CT molecular complexity index is 227. The maximum absolute atomic E-state index is 9.02. The number of piperidine rings is 1. The molecule has 0 radical (unpaired) electrons. The fourth-order valence-corrected chi connectivity index (χ4v) is 2.18. The highest BCUT2D eigenvalue weighted by Gasteiger charge is 2.29. The Morgan fingerprint density at radius 3 is 2.38 bits per heavy atom. The van der Waals surface area contributed by atoms with Gasteiger partial charge in [0.15, 0.2) is 0 Å². The largest absolute Gasteiger partial charge is 0.396 e. The van der Waals surface area contributed by atoms with Crippen molar-refractivity contribution in [3.05, 3.63) is 0 Å². The molecule has 1 saturated heterocycles. The number of rotatable bonds is 6. The summed E-state index contributed by atoms with van der Waals surface area (Å²) in [6, 6.07) is 2.43. The first-order valence-corrected chi connectivity index (χ1v) is 6.45. The highest BCUT2D eigenvalue weighted by molar-refractivity contribution is 4.98. The molecule has 0 aromatic rings. The average Bonchev–Trinajstić information content (AvgIpc) is 2.31. The second-order valence-electron chi connectivity index (χ2n) is 5.15. The lowest BCUT2D eigenvalue weighted by molar-refractivity contribution is 0.154. The van der Waals surface area contributed by atoms with Crippen LogP contribution in [0.25, 0.3) is 0 Å². The smallest absolute Gasteiger partial charge is 0.0687 e. The SMILES string of the molecule is CC1(C#N)CCN(CCCCCCO)CC1. The summed E-state index contributed by atoms with van der Waals surface area (Å²) < 4.78 is 0. The van der Waals surface area contributed by atoms with E-state index in [1.807, 2.05) is 0 Å². The summed E-state index contributed by atoms with van der Waals surface area (Å²) in [6.07, 6.45) is 6.54. The number of nitriles is 1. The molecule has 1 rings (SSSR count). The Morgan fingerprint density at radius 2 is 1.81 bits per heavy atom. The lowest BCUT2D eigenvalue weighted by Crippen LogP contribution is -2.38. The van der Waals surface area contributed by atoms with Gasteiger partial charge in [-0.05, 0) is 52.2 Å². The summed E-state index contributed by atoms with van der Waals surface area (Å²) in [6.45, 7) is 5.71. The van der Waals surface area contributed by atoms with Gasteiger partial charge in [0.25, 0.3) is 0 Å². The molecule has 1 fully saturated rings. The Kier molecular flexibility index (Phi) is 5.79. The molecule has 0 bridgehead atoms. The van der Waals surface area contributed by atoms with Crippen LogP contribution in [0, 0.1) is 16.7 Å². The summed E-state index contributed by atoms with van der Waals surface area (Å²) in [7, 11) is 0. The van der Waals surface area contributed by atoms with E-state index in [0.717, 1.165) is 45.3 Å². The summed E-state index contributed by atoms with van der Waals surface area (Å²) in [5.74, 6) is 0. The fourth-order valence-electron chi connectivity index (χ4n) is 2.18. The van der Waals surface area contributed by atoms with Crippen LogP contribution in [0.2, 0.25) is 0 Å². The standard InChI is InChI=1S/C13H24N2O/c1-13(12-14)6-9-15(10-7-13)8-4-2-3-5-11-16/h16H,2-11H2,1H3. The van der Waals surface area contributed by atoms with Crippen molar-refractivity contribution >= 4 is 0 Å². The van der Waals surface area contributed by atoms with E-state index in [9.17, 15) is 0 Å². The molecule has 1 N–H and O–H groups in total. The van der Waals surface area contributed by atoms with Gasteiger partial charge in [0.05, 0.1) is 11.5 Å². The Morgan fingerprint density at radius 1 is 1.19 bits per heavy atom. The summed E-state index contributed by atoms with van der Waals surface area (Å²) in [4.78, 5) is 2.47. The second-order valence-corrected chi connectivity index (χ2v) is 5.15. The molecule has 3 heteroatoms. The lowest BCUT2D eigenvalue weighted by Gasteiger charge is -2.34. The van der Waals surface area contributed by atoms with E-state index in [1.54, 1.807) is 0 Å². The van der Waals surface area contributed by atoms with Gasteiger partial charge in [0, 0.05) is 6.61 Å². The van der Waals surface area contributed by atoms with Gasteiger partial charge in [0.1, 0.15) is 0 Å². The highest BCUT2D eigenvalue weighted by Crippen LogP contribution is 2.29. The molecule has 0 saturated carbocycles. The van der Waals surface area contributed by atoms with E-state index in [0.29, 0.717) is 6.61 Å². The molecule has 0 unspecified atom stereocenters. The van der Waals surface area contributed by atoms with Crippen LogP contribution in [0.1, 0.15) is 45.4 Å². The number of hydrogen-bond donors (Lipinski definition) is 1. The van der Waals surface area contributed by atoms with E-state index >= 15 is 0 Å². The number of likely N-dealkylation sites (tertiary alicyclic amines) is 1. The van der Waals surface area contributed by atoms with Gasteiger partial charge >= 0.3 is 0 Å². The van der Waals surface area contributed by atoms with E-state index in [2.05, 4.69) is 17.9 Å². The minimum Gasteiger partial charge on any atom is -0.396 e. The molecular formula is C13H24N2O. The maximum atomic E-state index is 9.02. The first-order valence-electron chi connectivity index (χ1n) is 6.45. The van der Waals surface area contributed by atoms with Gasteiger partial charge in [-0.25, -0.2) is 0 Å². The van der Waals surface area contributed by atoms with Gasteiger partial charge in [-0.2, -0.15) is 5.26 Å². The molecule has 0 aromatic carbocycles. The molecule has 0 atom stereocenters. The molecule has 16 heavy (non-hydrogen) atoms. The number of aliphatic hydroxyl groups is 1. The van der Waals surface area contributed by atoms with Gasteiger partial charge < -0.3 is 10.0 Å². The number of nitrogens with zero attached hydrogens (tertiary/aromatic N) is 2. The van der Waals surface area contributed by atoms with Crippen LogP contribution in [0.4, 0.5) is 0 Å². The van der Waals surface area contributed by atoms with Gasteiger partial charge in [0.2, 0.25) is 0 Å². The number of unbranched alkanes of at least 4 members (excludes halogenated alkanes) is 3. The number of aliphatic hydroxyl groups excluding tert-OH is 1. The molecule has 3 nitrogen and oxygen atoms in total. The normalized spacial score (nSPS) is 20.6. The molecule has 0 amide bonds. The predicted octanol–water partition coefficient (Wildman–Crippen LogP) is 2.16. The van der Waals surface area contributed by atoms with Gasteiger partial charge in [-0.15, -0.1) is 0 Å². The quantitative estimate of drug-likeness (QED) is 0.703. The summed E-state index contributed by atoms with van der Waals surface area (Å²) in [5, 5.41) is 17.7. The molecule has 1 heterocycles. The third kappa shape index (κ3) is 4.51. The van der Waals surface area contributed by atoms with Crippen molar-refractivity contribution in [1.29, 1.82) is 5.26 Å². The Labute approximate surface area is 99.1 Å². The third-order valence-electron chi connectivity index (χ3n) is 3.61. The molecular weight excluding hydrogens is 200 g/mol. The molecule has 1 aliphatic heterocycles. The van der Waals surface area contributed by atoms with Crippen molar-refractivity contribution in [2.45, 2.75) is 45.4 Å². The zero-order valence-electron chi connectivity index (χ0n) is 10.4. The zero-order valence-corrected chi connectivity index (χ0v) is 10.4. The van der Waals surface area contributed by atoms with Crippen LogP contribution in [-0.2, 0) is 0 Å². The van der Waals surface area contributed by atoms with Crippen molar-refractivity contribution in [2.24, 2.45) is 5.41 Å². The van der Waals surface area contributed by atoms with Crippen LogP contribution >= 0.6 is 0 Å². The Hall–Kier alpha value is -0.590. The van der Waals surface area contributed by atoms with Crippen molar-refractivity contribution < 1.29 is 5.11 Å². The first-order chi connectivity index (χ1) is 7.70. The van der Waals surface area contributed by atoms with Crippen molar-refractivity contribution in [2.75, 3.05) is 26.2 Å². The first kappa shape index (κ1) is 13.5. The van der Waals surface area contributed by atoms with E-state index in [4.69, 9.17) is 10.4 Å². The van der Waals surface area contributed by atoms with Crippen LogP contribution in [0.3, 0.4) is 0 Å². The van der Waals surface area contributed by atoms with Crippen LogP contribution in [-0.4, -0.2) is 36.2 Å². The third-order valence-corrected chi connectivity index (χ3v) is 3.61. The average molecular weight is 224 g/mol. The Balaban J connectivity index is 2.07. The van der Waals surface area contributed by atoms with Crippen molar-refractivity contribution in [3.63, 3.8) is 0 Å². The van der Waals surface area contributed by atoms with Crippen molar-refractivity contribution in [3.8, 4) is 6.07 Å². The molecule has 1 aliphatic rings. The molecule has 92 valence electrons. The molecule has 0 aromatic heterocycles. The topological polar surface area (TPSA) is 47.3 Å². The predicted molar refractivity (Wildman–Crippen MR) is 64.9 cm³/mol. The lowest BCUT2D eigenvalue weighted by atomic mass is 9.82. The van der Waals surface area contributed by atoms with E-state index in [-0.39, 0.29) is 5.41 Å². The zero-order chi connectivity index (χ0) is 11.9. The van der Waals surface area contributed by atoms with Gasteiger partial charge in [-0.3, -0.25) is 0 Å². The molecule has 0 aliphatic carbocycles. The monoisotopic (exact) mass is 224 g/mol. The second kappa shape index (κ2) is 6.88. The van der Waals surface area contributed by atoms with Crippen LogP contribution in [0.5, 0.6) is 0 Å². The molecule has 0 spiro atoms. The highest BCUT2D eigenvalue weighted by atomic mass is 16.2. The van der Waals surface area contributed by atoms with Crippen molar-refractivity contribution in [1.82, 2.24) is 4.90 Å². The van der Waals surface area contributed by atoms with Gasteiger partial charge in [-0.1, -0.05) is 12.8 Å². The number of hydrogen-bond acceptors (Lipinski definition) is 3.